The van der Waals surface area contributed by atoms with E-state index in [0.29, 0.717) is 18.4 Å². The van der Waals surface area contributed by atoms with Gasteiger partial charge in [-0.2, -0.15) is 0 Å². The van der Waals surface area contributed by atoms with Crippen molar-refractivity contribution in [3.05, 3.63) is 29.6 Å². The Bertz CT molecular complexity index is 509. The van der Waals surface area contributed by atoms with E-state index in [9.17, 15) is 0 Å². The second-order valence-electron chi connectivity index (χ2n) is 5.40. The summed E-state index contributed by atoms with van der Waals surface area (Å²) in [5, 5.41) is 0. The molecule has 1 aromatic carbocycles. The summed E-state index contributed by atoms with van der Waals surface area (Å²) in [6, 6.07) is 6.46. The van der Waals surface area contributed by atoms with E-state index in [4.69, 9.17) is 5.73 Å². The molecule has 2 rings (SSSR count). The van der Waals surface area contributed by atoms with E-state index in [0.717, 1.165) is 29.7 Å². The maximum atomic E-state index is 5.80. The molecule has 0 spiro atoms. The number of rotatable bonds is 5. The highest BCUT2D eigenvalue weighted by molar-refractivity contribution is 5.76. The van der Waals surface area contributed by atoms with E-state index in [1.807, 2.05) is 0 Å². The number of imidazole rings is 1. The summed E-state index contributed by atoms with van der Waals surface area (Å²) in [6.07, 6.45) is 2.08. The van der Waals surface area contributed by atoms with Gasteiger partial charge in [0.25, 0.3) is 0 Å². The van der Waals surface area contributed by atoms with Crippen LogP contribution < -0.4 is 5.73 Å². The first kappa shape index (κ1) is 13.1. The zero-order valence-corrected chi connectivity index (χ0v) is 11.5. The number of hydrogen-bond donors (Lipinski definition) is 2. The fourth-order valence-electron chi connectivity index (χ4n) is 2.36. The van der Waals surface area contributed by atoms with Gasteiger partial charge in [0.05, 0.1) is 11.0 Å². The summed E-state index contributed by atoms with van der Waals surface area (Å²) in [7, 11) is 0. The van der Waals surface area contributed by atoms with E-state index in [1.165, 1.54) is 5.56 Å². The molecule has 0 saturated carbocycles. The van der Waals surface area contributed by atoms with Crippen molar-refractivity contribution in [3.8, 4) is 0 Å². The lowest BCUT2D eigenvalue weighted by molar-refractivity contribution is 0.627. The van der Waals surface area contributed by atoms with Crippen LogP contribution in [0.2, 0.25) is 0 Å². The Morgan fingerprint density at radius 1 is 1.33 bits per heavy atom. The predicted octanol–water partition coefficient (Wildman–Crippen LogP) is 3.21. The summed E-state index contributed by atoms with van der Waals surface area (Å²) >= 11 is 0. The van der Waals surface area contributed by atoms with Gasteiger partial charge in [-0.15, -0.1) is 0 Å². The molecule has 0 aliphatic heterocycles. The average Bonchev–Trinajstić information content (AvgIpc) is 2.71. The van der Waals surface area contributed by atoms with Crippen LogP contribution in [0.15, 0.2) is 18.2 Å². The first-order valence-electron chi connectivity index (χ1n) is 6.82. The molecule has 98 valence electrons. The molecule has 1 heterocycles. The number of aromatic nitrogens is 2. The third-order valence-electron chi connectivity index (χ3n) is 3.41. The third-order valence-corrected chi connectivity index (χ3v) is 3.41. The largest absolute Gasteiger partial charge is 0.342 e. The first-order valence-corrected chi connectivity index (χ1v) is 6.82. The van der Waals surface area contributed by atoms with Crippen molar-refractivity contribution in [2.24, 2.45) is 11.7 Å². The number of H-pyrrole nitrogens is 1. The summed E-state index contributed by atoms with van der Waals surface area (Å²) in [5.74, 6) is 2.15. The Balaban J connectivity index is 2.33. The Hall–Kier alpha value is -1.35. The van der Waals surface area contributed by atoms with Gasteiger partial charge in [0.2, 0.25) is 0 Å². The van der Waals surface area contributed by atoms with Crippen molar-refractivity contribution >= 4 is 11.0 Å². The molecule has 3 N–H and O–H groups in total. The fraction of sp³-hybridized carbons (Fsp3) is 0.533. The highest BCUT2D eigenvalue weighted by Crippen LogP contribution is 2.22. The molecule has 0 aliphatic carbocycles. The predicted molar refractivity (Wildman–Crippen MR) is 76.7 cm³/mol. The number of fused-ring (bicyclic) bond motifs is 1. The summed E-state index contributed by atoms with van der Waals surface area (Å²) < 4.78 is 0. The molecule has 3 nitrogen and oxygen atoms in total. The molecule has 18 heavy (non-hydrogen) atoms. The Morgan fingerprint density at radius 2 is 2.11 bits per heavy atom. The highest BCUT2D eigenvalue weighted by atomic mass is 14.9. The van der Waals surface area contributed by atoms with Crippen molar-refractivity contribution in [3.63, 3.8) is 0 Å². The number of benzene rings is 1. The van der Waals surface area contributed by atoms with Crippen LogP contribution in [0.1, 0.15) is 44.5 Å². The molecule has 0 saturated heterocycles. The molecule has 0 fully saturated rings. The highest BCUT2D eigenvalue weighted by Gasteiger charge is 2.10. The van der Waals surface area contributed by atoms with Crippen molar-refractivity contribution in [1.82, 2.24) is 9.97 Å². The molecular formula is C15H23N3. The number of nitrogens with two attached hydrogens (primary N) is 1. The van der Waals surface area contributed by atoms with Gasteiger partial charge in [0, 0.05) is 6.42 Å². The van der Waals surface area contributed by atoms with Gasteiger partial charge in [-0.3, -0.25) is 0 Å². The van der Waals surface area contributed by atoms with E-state index >= 15 is 0 Å². The minimum Gasteiger partial charge on any atom is -0.342 e. The maximum absolute atomic E-state index is 5.80. The third kappa shape index (κ3) is 2.72. The molecule has 3 heteroatoms. The Morgan fingerprint density at radius 3 is 2.72 bits per heavy atom. The number of hydrogen-bond acceptors (Lipinski definition) is 2. The van der Waals surface area contributed by atoms with Crippen molar-refractivity contribution in [2.75, 3.05) is 6.54 Å². The SMILES string of the molecule is CCC(CN)c1ccc2nc(CC(C)C)[nH]c2c1. The second kappa shape index (κ2) is 5.53. The van der Waals surface area contributed by atoms with Crippen LogP contribution in [0.3, 0.4) is 0 Å². The lowest BCUT2D eigenvalue weighted by atomic mass is 9.96. The molecule has 1 atom stereocenters. The molecule has 1 aromatic heterocycles. The molecule has 0 bridgehead atoms. The van der Waals surface area contributed by atoms with Crippen molar-refractivity contribution < 1.29 is 0 Å². The van der Waals surface area contributed by atoms with Crippen LogP contribution >= 0.6 is 0 Å². The zero-order chi connectivity index (χ0) is 13.1. The lowest BCUT2D eigenvalue weighted by Gasteiger charge is -2.11. The molecule has 0 amide bonds. The minimum atomic E-state index is 0.450. The normalized spacial score (nSPS) is 13.4. The quantitative estimate of drug-likeness (QED) is 0.849. The van der Waals surface area contributed by atoms with Crippen LogP contribution in [-0.4, -0.2) is 16.5 Å². The van der Waals surface area contributed by atoms with Gasteiger partial charge in [-0.1, -0.05) is 26.8 Å². The lowest BCUT2D eigenvalue weighted by Crippen LogP contribution is -2.11. The smallest absolute Gasteiger partial charge is 0.107 e. The monoisotopic (exact) mass is 245 g/mol. The van der Waals surface area contributed by atoms with Crippen LogP contribution in [0, 0.1) is 5.92 Å². The molecule has 1 unspecified atom stereocenters. The maximum Gasteiger partial charge on any atom is 0.107 e. The summed E-state index contributed by atoms with van der Waals surface area (Å²) in [6.45, 7) is 7.30. The first-order chi connectivity index (χ1) is 8.63. The van der Waals surface area contributed by atoms with Gasteiger partial charge in [0.1, 0.15) is 5.82 Å². The van der Waals surface area contributed by atoms with Gasteiger partial charge in [0.15, 0.2) is 0 Å². The Kier molecular flexibility index (Phi) is 4.02. The number of nitrogens with one attached hydrogen (secondary N) is 1. The van der Waals surface area contributed by atoms with Crippen LogP contribution in [0.4, 0.5) is 0 Å². The molecule has 0 radical (unpaired) electrons. The average molecular weight is 245 g/mol. The van der Waals surface area contributed by atoms with Gasteiger partial charge >= 0.3 is 0 Å². The van der Waals surface area contributed by atoms with Gasteiger partial charge in [-0.25, -0.2) is 4.98 Å². The van der Waals surface area contributed by atoms with Gasteiger partial charge in [-0.05, 0) is 42.5 Å². The minimum absolute atomic E-state index is 0.450. The standard InChI is InChI=1S/C15H23N3/c1-4-11(9-16)12-5-6-13-14(8-12)18-15(17-13)7-10(2)3/h5-6,8,10-11H,4,7,9,16H2,1-3H3,(H,17,18). The van der Waals surface area contributed by atoms with E-state index in [1.54, 1.807) is 0 Å². The summed E-state index contributed by atoms with van der Waals surface area (Å²) in [4.78, 5) is 8.04. The van der Waals surface area contributed by atoms with E-state index in [2.05, 4.69) is 48.9 Å². The van der Waals surface area contributed by atoms with Crippen molar-refractivity contribution in [1.29, 1.82) is 0 Å². The molecular weight excluding hydrogens is 222 g/mol. The fourth-order valence-corrected chi connectivity index (χ4v) is 2.36. The number of nitrogens with zero attached hydrogens (tertiary/aromatic N) is 1. The molecule has 2 aromatic rings. The topological polar surface area (TPSA) is 54.7 Å². The van der Waals surface area contributed by atoms with Crippen LogP contribution in [0.25, 0.3) is 11.0 Å². The summed E-state index contributed by atoms with van der Waals surface area (Å²) in [5.41, 5.74) is 9.31. The van der Waals surface area contributed by atoms with Gasteiger partial charge < -0.3 is 10.7 Å². The zero-order valence-electron chi connectivity index (χ0n) is 11.5. The second-order valence-corrected chi connectivity index (χ2v) is 5.40. The van der Waals surface area contributed by atoms with E-state index < -0.39 is 0 Å². The van der Waals surface area contributed by atoms with Crippen molar-refractivity contribution in [2.45, 2.75) is 39.5 Å². The molecule has 0 aliphatic rings. The van der Waals surface area contributed by atoms with Crippen LogP contribution in [-0.2, 0) is 6.42 Å². The van der Waals surface area contributed by atoms with E-state index in [-0.39, 0.29) is 0 Å². The Labute approximate surface area is 109 Å². The number of aromatic amines is 1. The van der Waals surface area contributed by atoms with Crippen LogP contribution in [0.5, 0.6) is 0 Å².